The summed E-state index contributed by atoms with van der Waals surface area (Å²) in [5, 5.41) is 0.314. The monoisotopic (exact) mass is 170 g/mol. The fourth-order valence-corrected chi connectivity index (χ4v) is 1.07. The van der Waals surface area contributed by atoms with Crippen molar-refractivity contribution in [3.05, 3.63) is 29.8 Å². The lowest BCUT2D eigenvalue weighted by Crippen LogP contribution is -1.81. The molecule has 0 saturated carbocycles. The van der Waals surface area contributed by atoms with E-state index in [1.807, 2.05) is 24.3 Å². The van der Waals surface area contributed by atoms with Crippen molar-refractivity contribution in [1.29, 1.82) is 0 Å². The van der Waals surface area contributed by atoms with Crippen LogP contribution in [0.5, 0.6) is 0 Å². The highest BCUT2D eigenvalue weighted by Crippen LogP contribution is 2.19. The highest BCUT2D eigenvalue weighted by Gasteiger charge is 1.96. The van der Waals surface area contributed by atoms with E-state index in [-0.39, 0.29) is 0 Å². The van der Waals surface area contributed by atoms with Gasteiger partial charge in [-0.05, 0) is 24.6 Å². The number of benzene rings is 1. The van der Waals surface area contributed by atoms with Crippen molar-refractivity contribution in [1.82, 2.24) is 0 Å². The lowest BCUT2D eigenvalue weighted by atomic mass is 10.2. The molecule has 0 N–H and O–H groups in total. The van der Waals surface area contributed by atoms with Crippen LogP contribution in [0.25, 0.3) is 0 Å². The summed E-state index contributed by atoms with van der Waals surface area (Å²) in [6.07, 6.45) is 0. The quantitative estimate of drug-likeness (QED) is 0.595. The van der Waals surface area contributed by atoms with Crippen LogP contribution >= 0.6 is 25.3 Å². The Kier molecular flexibility index (Phi) is 2.69. The van der Waals surface area contributed by atoms with E-state index in [0.717, 1.165) is 4.90 Å². The van der Waals surface area contributed by atoms with Crippen LogP contribution in [0.4, 0.5) is 0 Å². The van der Waals surface area contributed by atoms with Crippen molar-refractivity contribution in [2.45, 2.75) is 17.1 Å². The maximum Gasteiger partial charge on any atom is 0.0238 e. The summed E-state index contributed by atoms with van der Waals surface area (Å²) in [5.74, 6) is 0. The Hall–Kier alpha value is -0.0800. The molecule has 1 atom stereocenters. The molecule has 0 aliphatic heterocycles. The predicted molar refractivity (Wildman–Crippen MR) is 51.1 cm³/mol. The van der Waals surface area contributed by atoms with Gasteiger partial charge in [0.25, 0.3) is 0 Å². The Morgan fingerprint density at radius 1 is 1.20 bits per heavy atom. The molecule has 2 heteroatoms. The van der Waals surface area contributed by atoms with Crippen LogP contribution in [-0.2, 0) is 0 Å². The first-order valence-corrected chi connectivity index (χ1v) is 4.13. The van der Waals surface area contributed by atoms with Crippen molar-refractivity contribution in [2.75, 3.05) is 0 Å². The number of hydrogen-bond donors (Lipinski definition) is 2. The van der Waals surface area contributed by atoms with Crippen LogP contribution in [0.15, 0.2) is 29.2 Å². The Bertz CT molecular complexity index is 201. The maximum absolute atomic E-state index is 4.30. The second-order valence-electron chi connectivity index (χ2n) is 2.27. The molecule has 1 rings (SSSR count). The first-order valence-electron chi connectivity index (χ1n) is 3.17. The molecule has 0 heterocycles. The van der Waals surface area contributed by atoms with E-state index in [0.29, 0.717) is 5.25 Å². The zero-order valence-corrected chi connectivity index (χ0v) is 7.57. The minimum absolute atomic E-state index is 0.314. The SMILES string of the molecule is CC(S)c1ccc(S)cc1. The highest BCUT2D eigenvalue weighted by atomic mass is 32.1. The van der Waals surface area contributed by atoms with Gasteiger partial charge >= 0.3 is 0 Å². The molecule has 1 aromatic carbocycles. The van der Waals surface area contributed by atoms with Gasteiger partial charge in [0.15, 0.2) is 0 Å². The maximum atomic E-state index is 4.30. The molecule has 0 radical (unpaired) electrons. The smallest absolute Gasteiger partial charge is 0.0238 e. The van der Waals surface area contributed by atoms with E-state index in [1.54, 1.807) is 0 Å². The van der Waals surface area contributed by atoms with Gasteiger partial charge in [-0.2, -0.15) is 12.6 Å². The Morgan fingerprint density at radius 3 is 2.10 bits per heavy atom. The fraction of sp³-hybridized carbons (Fsp3) is 0.250. The van der Waals surface area contributed by atoms with Gasteiger partial charge in [-0.1, -0.05) is 12.1 Å². The summed E-state index contributed by atoms with van der Waals surface area (Å²) in [6, 6.07) is 8.04. The zero-order valence-electron chi connectivity index (χ0n) is 5.78. The number of thiol groups is 2. The van der Waals surface area contributed by atoms with E-state index in [9.17, 15) is 0 Å². The van der Waals surface area contributed by atoms with E-state index in [2.05, 4.69) is 32.2 Å². The summed E-state index contributed by atoms with van der Waals surface area (Å²) in [5.41, 5.74) is 1.24. The van der Waals surface area contributed by atoms with E-state index in [4.69, 9.17) is 0 Å². The third kappa shape index (κ3) is 1.96. The predicted octanol–water partition coefficient (Wildman–Crippen LogP) is 2.97. The largest absolute Gasteiger partial charge is 0.171 e. The third-order valence-corrected chi connectivity index (χ3v) is 1.97. The molecule has 0 saturated heterocycles. The summed E-state index contributed by atoms with van der Waals surface area (Å²) >= 11 is 8.47. The van der Waals surface area contributed by atoms with E-state index >= 15 is 0 Å². The molecule has 10 heavy (non-hydrogen) atoms. The minimum Gasteiger partial charge on any atom is -0.171 e. The normalized spacial score (nSPS) is 13.1. The number of hydrogen-bond acceptors (Lipinski definition) is 2. The molecule has 54 valence electrons. The Morgan fingerprint density at radius 2 is 1.70 bits per heavy atom. The average molecular weight is 170 g/mol. The topological polar surface area (TPSA) is 0 Å². The lowest BCUT2D eigenvalue weighted by Gasteiger charge is -2.02. The van der Waals surface area contributed by atoms with Gasteiger partial charge in [-0.25, -0.2) is 0 Å². The van der Waals surface area contributed by atoms with Crippen molar-refractivity contribution in [2.24, 2.45) is 0 Å². The summed E-state index contributed by atoms with van der Waals surface area (Å²) in [4.78, 5) is 0.998. The molecule has 0 aliphatic rings. The Balaban J connectivity index is 2.89. The van der Waals surface area contributed by atoms with Gasteiger partial charge in [0.2, 0.25) is 0 Å². The van der Waals surface area contributed by atoms with Crippen molar-refractivity contribution in [3.63, 3.8) is 0 Å². The minimum atomic E-state index is 0.314. The van der Waals surface area contributed by atoms with Crippen LogP contribution in [-0.4, -0.2) is 0 Å². The van der Waals surface area contributed by atoms with Gasteiger partial charge in [0, 0.05) is 10.1 Å². The standard InChI is InChI=1S/C8H10S2/c1-6(9)7-2-4-8(10)5-3-7/h2-6,9-10H,1H3. The molecular weight excluding hydrogens is 160 g/mol. The van der Waals surface area contributed by atoms with Gasteiger partial charge in [0.1, 0.15) is 0 Å². The van der Waals surface area contributed by atoms with Crippen LogP contribution in [0, 0.1) is 0 Å². The van der Waals surface area contributed by atoms with Gasteiger partial charge in [-0.15, -0.1) is 12.6 Å². The fourth-order valence-electron chi connectivity index (χ4n) is 0.753. The third-order valence-electron chi connectivity index (χ3n) is 1.38. The van der Waals surface area contributed by atoms with Crippen LogP contribution in [0.1, 0.15) is 17.7 Å². The molecular formula is C8H10S2. The highest BCUT2D eigenvalue weighted by molar-refractivity contribution is 7.80. The average Bonchev–Trinajstić information content (AvgIpc) is 1.88. The molecule has 0 spiro atoms. The Labute approximate surface area is 72.5 Å². The summed E-state index contributed by atoms with van der Waals surface area (Å²) < 4.78 is 0. The molecule has 1 unspecified atom stereocenters. The molecule has 1 aromatic rings. The van der Waals surface area contributed by atoms with E-state index < -0.39 is 0 Å². The summed E-state index contributed by atoms with van der Waals surface area (Å²) in [6.45, 7) is 2.05. The second kappa shape index (κ2) is 3.35. The second-order valence-corrected chi connectivity index (χ2v) is 3.56. The number of rotatable bonds is 1. The van der Waals surface area contributed by atoms with Crippen LogP contribution in [0.2, 0.25) is 0 Å². The molecule has 0 aromatic heterocycles. The van der Waals surface area contributed by atoms with Gasteiger partial charge in [-0.3, -0.25) is 0 Å². The molecule has 0 amide bonds. The van der Waals surface area contributed by atoms with Gasteiger partial charge < -0.3 is 0 Å². The zero-order chi connectivity index (χ0) is 7.56. The van der Waals surface area contributed by atoms with Crippen molar-refractivity contribution in [3.8, 4) is 0 Å². The molecule has 0 nitrogen and oxygen atoms in total. The summed E-state index contributed by atoms with van der Waals surface area (Å²) in [7, 11) is 0. The van der Waals surface area contributed by atoms with Crippen molar-refractivity contribution < 1.29 is 0 Å². The molecule has 0 fully saturated rings. The lowest BCUT2D eigenvalue weighted by molar-refractivity contribution is 1.10. The van der Waals surface area contributed by atoms with E-state index in [1.165, 1.54) is 5.56 Å². The molecule has 0 aliphatic carbocycles. The first kappa shape index (κ1) is 8.02. The van der Waals surface area contributed by atoms with Crippen molar-refractivity contribution >= 4 is 25.3 Å². The first-order chi connectivity index (χ1) is 4.70. The van der Waals surface area contributed by atoms with Crippen LogP contribution in [0.3, 0.4) is 0 Å². The van der Waals surface area contributed by atoms with Gasteiger partial charge in [0.05, 0.1) is 0 Å². The van der Waals surface area contributed by atoms with Crippen LogP contribution < -0.4 is 0 Å². The molecule has 0 bridgehead atoms.